The van der Waals surface area contributed by atoms with E-state index in [1.54, 1.807) is 18.2 Å². The summed E-state index contributed by atoms with van der Waals surface area (Å²) in [5.41, 5.74) is 0. The second kappa shape index (κ2) is 5.44. The first kappa shape index (κ1) is 11.6. The SMILES string of the molecule is O=C(Cl)CCOc1ccc(Cl)c(Cl)c1. The molecule has 1 aromatic carbocycles. The first-order valence-electron chi connectivity index (χ1n) is 3.86. The van der Waals surface area contributed by atoms with E-state index in [0.29, 0.717) is 15.8 Å². The van der Waals surface area contributed by atoms with Crippen LogP contribution in [0.15, 0.2) is 18.2 Å². The van der Waals surface area contributed by atoms with Gasteiger partial charge in [-0.25, -0.2) is 0 Å². The predicted molar refractivity (Wildman–Crippen MR) is 57.4 cm³/mol. The van der Waals surface area contributed by atoms with Gasteiger partial charge in [-0.2, -0.15) is 0 Å². The Balaban J connectivity index is 2.51. The molecule has 0 fully saturated rings. The van der Waals surface area contributed by atoms with Crippen LogP contribution in [0.3, 0.4) is 0 Å². The van der Waals surface area contributed by atoms with E-state index < -0.39 is 5.24 Å². The van der Waals surface area contributed by atoms with Crippen LogP contribution in [0.5, 0.6) is 5.75 Å². The normalized spacial score (nSPS) is 9.93. The molecule has 0 N–H and O–H groups in total. The minimum atomic E-state index is -0.426. The fourth-order valence-electron chi connectivity index (χ4n) is 0.816. The van der Waals surface area contributed by atoms with Gasteiger partial charge in [0.05, 0.1) is 23.1 Å². The number of benzene rings is 1. The van der Waals surface area contributed by atoms with Crippen molar-refractivity contribution in [1.82, 2.24) is 0 Å². The molecule has 1 aromatic rings. The van der Waals surface area contributed by atoms with Crippen LogP contribution in [0.25, 0.3) is 0 Å². The number of hydrogen-bond donors (Lipinski definition) is 0. The Morgan fingerprint density at radius 2 is 2.00 bits per heavy atom. The molecule has 0 aliphatic carbocycles. The highest BCUT2D eigenvalue weighted by atomic mass is 35.5. The Morgan fingerprint density at radius 3 is 2.57 bits per heavy atom. The molecular formula is C9H7Cl3O2. The standard InChI is InChI=1S/C9H7Cl3O2/c10-7-2-1-6(5-8(7)11)14-4-3-9(12)13/h1-2,5H,3-4H2. The molecule has 0 bridgehead atoms. The summed E-state index contributed by atoms with van der Waals surface area (Å²) >= 11 is 16.6. The van der Waals surface area contributed by atoms with E-state index in [-0.39, 0.29) is 13.0 Å². The van der Waals surface area contributed by atoms with E-state index in [2.05, 4.69) is 0 Å². The van der Waals surface area contributed by atoms with E-state index in [1.807, 2.05) is 0 Å². The van der Waals surface area contributed by atoms with Gasteiger partial charge < -0.3 is 4.74 Å². The third kappa shape index (κ3) is 3.74. The van der Waals surface area contributed by atoms with E-state index >= 15 is 0 Å². The molecule has 0 unspecified atom stereocenters. The molecule has 0 saturated carbocycles. The van der Waals surface area contributed by atoms with E-state index in [1.165, 1.54) is 0 Å². The molecule has 2 nitrogen and oxygen atoms in total. The zero-order valence-corrected chi connectivity index (χ0v) is 9.36. The van der Waals surface area contributed by atoms with Crippen molar-refractivity contribution in [3.05, 3.63) is 28.2 Å². The van der Waals surface area contributed by atoms with Gasteiger partial charge in [-0.3, -0.25) is 4.79 Å². The number of carbonyl (C=O) groups is 1. The number of hydrogen-bond acceptors (Lipinski definition) is 2. The Hall–Kier alpha value is -0.440. The topological polar surface area (TPSA) is 26.3 Å². The second-order valence-corrected chi connectivity index (χ2v) is 3.77. The number of carbonyl (C=O) groups excluding carboxylic acids is 1. The molecule has 0 saturated heterocycles. The monoisotopic (exact) mass is 252 g/mol. The largest absolute Gasteiger partial charge is 0.493 e. The quantitative estimate of drug-likeness (QED) is 0.767. The molecule has 5 heteroatoms. The van der Waals surface area contributed by atoms with Gasteiger partial charge in [0.1, 0.15) is 5.75 Å². The fraction of sp³-hybridized carbons (Fsp3) is 0.222. The first-order chi connectivity index (χ1) is 6.59. The van der Waals surface area contributed by atoms with Crippen molar-refractivity contribution < 1.29 is 9.53 Å². The lowest BCUT2D eigenvalue weighted by molar-refractivity contribution is -0.112. The highest BCUT2D eigenvalue weighted by Gasteiger charge is 2.01. The van der Waals surface area contributed by atoms with Crippen LogP contribution in [0, 0.1) is 0 Å². The molecule has 0 heterocycles. The van der Waals surface area contributed by atoms with Crippen molar-refractivity contribution in [2.45, 2.75) is 6.42 Å². The van der Waals surface area contributed by atoms with Gasteiger partial charge in [0, 0.05) is 6.07 Å². The summed E-state index contributed by atoms with van der Waals surface area (Å²) in [6, 6.07) is 4.89. The van der Waals surface area contributed by atoms with Gasteiger partial charge in [0.15, 0.2) is 0 Å². The molecule has 0 atom stereocenters. The molecule has 0 aromatic heterocycles. The molecule has 14 heavy (non-hydrogen) atoms. The van der Waals surface area contributed by atoms with Crippen LogP contribution < -0.4 is 4.74 Å². The average molecular weight is 254 g/mol. The van der Waals surface area contributed by atoms with Crippen LogP contribution in [-0.2, 0) is 4.79 Å². The number of ether oxygens (including phenoxy) is 1. The summed E-state index contributed by atoms with van der Waals surface area (Å²) < 4.78 is 5.20. The summed E-state index contributed by atoms with van der Waals surface area (Å²) in [6.07, 6.45) is 0.168. The van der Waals surface area contributed by atoms with Crippen LogP contribution >= 0.6 is 34.8 Å². The molecule has 0 spiro atoms. The fourth-order valence-corrected chi connectivity index (χ4v) is 1.18. The molecule has 0 amide bonds. The summed E-state index contributed by atoms with van der Waals surface area (Å²) in [4.78, 5) is 10.4. The Kier molecular flexibility index (Phi) is 4.52. The maximum absolute atomic E-state index is 10.4. The average Bonchev–Trinajstić information content (AvgIpc) is 2.10. The van der Waals surface area contributed by atoms with Gasteiger partial charge in [0.25, 0.3) is 0 Å². The Bertz CT molecular complexity index is 339. The molecule has 0 radical (unpaired) electrons. The van der Waals surface area contributed by atoms with Crippen molar-refractivity contribution in [2.75, 3.05) is 6.61 Å². The Labute approximate surface area is 96.7 Å². The van der Waals surface area contributed by atoms with Gasteiger partial charge in [-0.15, -0.1) is 0 Å². The predicted octanol–water partition coefficient (Wildman–Crippen LogP) is 3.53. The molecule has 0 aliphatic rings. The molecular weight excluding hydrogens is 246 g/mol. The highest BCUT2D eigenvalue weighted by Crippen LogP contribution is 2.26. The summed E-state index contributed by atoms with van der Waals surface area (Å²) in [5.74, 6) is 0.567. The van der Waals surface area contributed by atoms with Crippen LogP contribution in [0.1, 0.15) is 6.42 Å². The minimum Gasteiger partial charge on any atom is -0.493 e. The van der Waals surface area contributed by atoms with Crippen molar-refractivity contribution in [3.63, 3.8) is 0 Å². The van der Waals surface area contributed by atoms with Crippen LogP contribution in [-0.4, -0.2) is 11.8 Å². The minimum absolute atomic E-state index is 0.168. The highest BCUT2D eigenvalue weighted by molar-refractivity contribution is 6.63. The van der Waals surface area contributed by atoms with Crippen LogP contribution in [0.4, 0.5) is 0 Å². The lowest BCUT2D eigenvalue weighted by Gasteiger charge is -2.04. The van der Waals surface area contributed by atoms with Crippen LogP contribution in [0.2, 0.25) is 10.0 Å². The van der Waals surface area contributed by atoms with Gasteiger partial charge in [-0.1, -0.05) is 23.2 Å². The number of halogens is 3. The van der Waals surface area contributed by atoms with E-state index in [4.69, 9.17) is 39.5 Å². The van der Waals surface area contributed by atoms with Crippen molar-refractivity contribution in [1.29, 1.82) is 0 Å². The van der Waals surface area contributed by atoms with E-state index in [9.17, 15) is 4.79 Å². The molecule has 76 valence electrons. The smallest absolute Gasteiger partial charge is 0.225 e. The van der Waals surface area contributed by atoms with Gasteiger partial charge >= 0.3 is 0 Å². The lowest BCUT2D eigenvalue weighted by atomic mass is 10.3. The summed E-state index contributed by atoms with van der Waals surface area (Å²) in [6.45, 7) is 0.236. The van der Waals surface area contributed by atoms with E-state index in [0.717, 1.165) is 0 Å². The maximum Gasteiger partial charge on any atom is 0.225 e. The molecule has 0 aliphatic heterocycles. The first-order valence-corrected chi connectivity index (χ1v) is 4.99. The second-order valence-electron chi connectivity index (χ2n) is 2.53. The summed E-state index contributed by atoms with van der Waals surface area (Å²) in [7, 11) is 0. The third-order valence-electron chi connectivity index (χ3n) is 1.46. The summed E-state index contributed by atoms with van der Waals surface area (Å²) in [5, 5.41) is 0.457. The molecule has 1 rings (SSSR count). The van der Waals surface area contributed by atoms with Crippen molar-refractivity contribution >= 4 is 40.0 Å². The number of rotatable bonds is 4. The lowest BCUT2D eigenvalue weighted by Crippen LogP contribution is -2.00. The van der Waals surface area contributed by atoms with Crippen molar-refractivity contribution in [3.8, 4) is 5.75 Å². The zero-order valence-electron chi connectivity index (χ0n) is 7.10. The van der Waals surface area contributed by atoms with Gasteiger partial charge in [0.2, 0.25) is 5.24 Å². The zero-order chi connectivity index (χ0) is 10.6. The maximum atomic E-state index is 10.4. The third-order valence-corrected chi connectivity index (χ3v) is 2.39. The van der Waals surface area contributed by atoms with Gasteiger partial charge in [-0.05, 0) is 23.7 Å². The Morgan fingerprint density at radius 1 is 1.29 bits per heavy atom. The van der Waals surface area contributed by atoms with Crippen molar-refractivity contribution in [2.24, 2.45) is 0 Å².